The van der Waals surface area contributed by atoms with E-state index in [1.165, 1.54) is 0 Å². The number of hydrogen-bond donors (Lipinski definition) is 1. The Balaban J connectivity index is 2.99. The predicted molar refractivity (Wildman–Crippen MR) is 70.0 cm³/mol. The van der Waals surface area contributed by atoms with E-state index in [0.717, 1.165) is 12.5 Å². The maximum absolute atomic E-state index is 11.5. The van der Waals surface area contributed by atoms with Crippen LogP contribution in [0.1, 0.15) is 20.8 Å². The molecule has 0 saturated carbocycles. The molecule has 0 aliphatic heterocycles. The van der Waals surface area contributed by atoms with Crippen molar-refractivity contribution in [2.24, 2.45) is 0 Å². The van der Waals surface area contributed by atoms with E-state index in [2.05, 4.69) is 15.3 Å². The van der Waals surface area contributed by atoms with Crippen LogP contribution in [0.2, 0.25) is 5.02 Å². The summed E-state index contributed by atoms with van der Waals surface area (Å²) >= 11 is 5.77. The lowest BCUT2D eigenvalue weighted by Crippen LogP contribution is -2.27. The van der Waals surface area contributed by atoms with Gasteiger partial charge in [0.15, 0.2) is 5.82 Å². The molecule has 19 heavy (non-hydrogen) atoms. The van der Waals surface area contributed by atoms with E-state index >= 15 is 0 Å². The molecule has 1 heterocycles. The predicted octanol–water partition coefficient (Wildman–Crippen LogP) is 1.88. The van der Waals surface area contributed by atoms with Gasteiger partial charge in [-0.3, -0.25) is 5.32 Å². The first-order chi connectivity index (χ1) is 8.49. The number of carbonyl (C=O) groups excluding carboxylic acids is 1. The molecule has 1 N–H and O–H groups in total. The number of nitrogens with zero attached hydrogens (tertiary/aromatic N) is 2. The maximum atomic E-state index is 11.5. The summed E-state index contributed by atoms with van der Waals surface area (Å²) in [7, 11) is -3.59. The van der Waals surface area contributed by atoms with Crippen molar-refractivity contribution in [1.82, 2.24) is 9.97 Å². The standard InChI is InChI=1S/C10H14ClN3O4S/c1-10(2,3)18-9(15)14-7-6(11)5-12-8(13-7)19(4,16)17/h5H,1-4H3,(H,12,13,14,15). The Labute approximate surface area is 116 Å². The molecule has 106 valence electrons. The minimum Gasteiger partial charge on any atom is -0.444 e. The number of ether oxygens (including phenoxy) is 1. The van der Waals surface area contributed by atoms with E-state index in [1.807, 2.05) is 0 Å². The van der Waals surface area contributed by atoms with Crippen LogP contribution >= 0.6 is 11.6 Å². The molecule has 1 aromatic rings. The summed E-state index contributed by atoms with van der Waals surface area (Å²) in [5, 5.41) is 1.86. The van der Waals surface area contributed by atoms with Crippen molar-refractivity contribution in [3.8, 4) is 0 Å². The van der Waals surface area contributed by atoms with E-state index in [1.54, 1.807) is 20.8 Å². The van der Waals surface area contributed by atoms with Gasteiger partial charge >= 0.3 is 6.09 Å². The monoisotopic (exact) mass is 307 g/mol. The second kappa shape index (κ2) is 5.30. The summed E-state index contributed by atoms with van der Waals surface area (Å²) in [6.07, 6.45) is 1.26. The van der Waals surface area contributed by atoms with E-state index in [0.29, 0.717) is 0 Å². The number of amides is 1. The van der Waals surface area contributed by atoms with Gasteiger partial charge in [-0.2, -0.15) is 4.98 Å². The van der Waals surface area contributed by atoms with Crippen molar-refractivity contribution in [2.45, 2.75) is 31.5 Å². The Morgan fingerprint density at radius 1 is 1.42 bits per heavy atom. The van der Waals surface area contributed by atoms with E-state index in [4.69, 9.17) is 16.3 Å². The van der Waals surface area contributed by atoms with Crippen LogP contribution in [0.15, 0.2) is 11.4 Å². The number of hydrogen-bond acceptors (Lipinski definition) is 6. The van der Waals surface area contributed by atoms with Crippen LogP contribution in [-0.2, 0) is 14.6 Å². The van der Waals surface area contributed by atoms with Gasteiger partial charge in [0.2, 0.25) is 15.0 Å². The number of anilines is 1. The van der Waals surface area contributed by atoms with Crippen LogP contribution in [0.5, 0.6) is 0 Å². The molecule has 0 spiro atoms. The van der Waals surface area contributed by atoms with E-state index < -0.39 is 26.7 Å². The average Bonchev–Trinajstić information content (AvgIpc) is 2.16. The number of carbonyl (C=O) groups is 1. The average molecular weight is 308 g/mol. The molecule has 0 radical (unpaired) electrons. The zero-order valence-corrected chi connectivity index (χ0v) is 12.5. The van der Waals surface area contributed by atoms with Gasteiger partial charge in [-0.15, -0.1) is 0 Å². The van der Waals surface area contributed by atoms with Crippen molar-refractivity contribution in [2.75, 3.05) is 11.6 Å². The number of aromatic nitrogens is 2. The second-order valence-corrected chi connectivity index (χ2v) is 7.06. The normalized spacial score (nSPS) is 12.1. The van der Waals surface area contributed by atoms with Crippen molar-refractivity contribution >= 4 is 33.3 Å². The van der Waals surface area contributed by atoms with Gasteiger partial charge in [-0.25, -0.2) is 18.2 Å². The quantitative estimate of drug-likeness (QED) is 0.838. The lowest BCUT2D eigenvalue weighted by molar-refractivity contribution is 0.0635. The molecule has 9 heteroatoms. The van der Waals surface area contributed by atoms with Crippen molar-refractivity contribution in [3.05, 3.63) is 11.2 Å². The van der Waals surface area contributed by atoms with Crippen LogP contribution < -0.4 is 5.32 Å². The molecule has 0 atom stereocenters. The molecule has 1 rings (SSSR count). The highest BCUT2D eigenvalue weighted by Crippen LogP contribution is 2.20. The Hall–Kier alpha value is -1.41. The Kier molecular flexibility index (Phi) is 4.36. The molecule has 1 aromatic heterocycles. The fraction of sp³-hybridized carbons (Fsp3) is 0.500. The summed E-state index contributed by atoms with van der Waals surface area (Å²) in [5.41, 5.74) is -0.691. The first-order valence-corrected chi connectivity index (χ1v) is 7.48. The van der Waals surface area contributed by atoms with Gasteiger partial charge in [-0.1, -0.05) is 11.6 Å². The van der Waals surface area contributed by atoms with Gasteiger partial charge in [0.1, 0.15) is 10.6 Å². The first-order valence-electron chi connectivity index (χ1n) is 5.21. The molecule has 0 saturated heterocycles. The van der Waals surface area contributed by atoms with Crippen LogP contribution in [0.3, 0.4) is 0 Å². The third-order valence-electron chi connectivity index (χ3n) is 1.67. The summed E-state index contributed by atoms with van der Waals surface area (Å²) in [6, 6.07) is 0. The molecule has 1 amide bonds. The number of rotatable bonds is 2. The van der Waals surface area contributed by atoms with Crippen LogP contribution in [-0.4, -0.2) is 36.3 Å². The van der Waals surface area contributed by atoms with Gasteiger partial charge in [-0.05, 0) is 20.8 Å². The Morgan fingerprint density at radius 2 is 2.00 bits per heavy atom. The molecule has 7 nitrogen and oxygen atoms in total. The summed E-state index contributed by atoms with van der Waals surface area (Å²) < 4.78 is 27.6. The van der Waals surface area contributed by atoms with Gasteiger partial charge in [0, 0.05) is 6.26 Å². The zero-order valence-electron chi connectivity index (χ0n) is 10.9. The molecule has 0 aliphatic carbocycles. The third-order valence-corrected chi connectivity index (χ3v) is 2.81. The highest BCUT2D eigenvalue weighted by molar-refractivity contribution is 7.90. The highest BCUT2D eigenvalue weighted by Gasteiger charge is 2.19. The Bertz CT molecular complexity index is 595. The van der Waals surface area contributed by atoms with Gasteiger partial charge < -0.3 is 4.74 Å². The lowest BCUT2D eigenvalue weighted by Gasteiger charge is -2.19. The number of sulfone groups is 1. The van der Waals surface area contributed by atoms with Crippen LogP contribution in [0, 0.1) is 0 Å². The summed E-state index contributed by atoms with van der Waals surface area (Å²) in [4.78, 5) is 18.8. The number of halogens is 1. The fourth-order valence-corrected chi connectivity index (χ4v) is 1.66. The van der Waals surface area contributed by atoms with Crippen LogP contribution in [0.4, 0.5) is 10.6 Å². The maximum Gasteiger partial charge on any atom is 0.413 e. The number of nitrogens with one attached hydrogen (secondary N) is 1. The van der Waals surface area contributed by atoms with Gasteiger partial charge in [0.05, 0.1) is 6.20 Å². The summed E-state index contributed by atoms with van der Waals surface area (Å²) in [6.45, 7) is 5.07. The summed E-state index contributed by atoms with van der Waals surface area (Å²) in [5.74, 6) is -0.119. The highest BCUT2D eigenvalue weighted by atomic mass is 35.5. The lowest BCUT2D eigenvalue weighted by atomic mass is 10.2. The molecule has 0 fully saturated rings. The molecule has 0 aliphatic rings. The fourth-order valence-electron chi connectivity index (χ4n) is 1.02. The smallest absolute Gasteiger partial charge is 0.413 e. The van der Waals surface area contributed by atoms with Crippen molar-refractivity contribution in [1.29, 1.82) is 0 Å². The second-order valence-electron chi connectivity index (χ2n) is 4.75. The minimum atomic E-state index is -3.59. The molecule has 0 unspecified atom stereocenters. The van der Waals surface area contributed by atoms with Crippen LogP contribution in [0.25, 0.3) is 0 Å². The van der Waals surface area contributed by atoms with E-state index in [9.17, 15) is 13.2 Å². The minimum absolute atomic E-state index is 0.0123. The van der Waals surface area contributed by atoms with Crippen molar-refractivity contribution in [3.63, 3.8) is 0 Å². The molecule has 0 bridgehead atoms. The van der Waals surface area contributed by atoms with Gasteiger partial charge in [0.25, 0.3) is 0 Å². The van der Waals surface area contributed by atoms with E-state index in [-0.39, 0.29) is 10.8 Å². The zero-order chi connectivity index (χ0) is 14.8. The SMILES string of the molecule is CC(C)(C)OC(=O)Nc1nc(S(C)(=O)=O)ncc1Cl. The Morgan fingerprint density at radius 3 is 2.47 bits per heavy atom. The third kappa shape index (κ3) is 4.99. The first kappa shape index (κ1) is 15.6. The van der Waals surface area contributed by atoms with Crippen molar-refractivity contribution < 1.29 is 17.9 Å². The topological polar surface area (TPSA) is 98.2 Å². The molecular formula is C10H14ClN3O4S. The largest absolute Gasteiger partial charge is 0.444 e. The molecule has 0 aromatic carbocycles. The molecular weight excluding hydrogens is 294 g/mol.